The Bertz CT molecular complexity index is 381. The molecule has 26 heavy (non-hydrogen) atoms. The first-order chi connectivity index (χ1) is 12.2. The van der Waals surface area contributed by atoms with Gasteiger partial charge in [0.1, 0.15) is 0 Å². The van der Waals surface area contributed by atoms with Gasteiger partial charge in [0, 0.05) is 45.8 Å². The SMILES string of the molecule is CCNC(=NCCCOCC1CCOC1)N(C)CC1CCC(C)CC1.I. The Balaban J connectivity index is 0.00000338. The van der Waals surface area contributed by atoms with Crippen molar-refractivity contribution >= 4 is 29.9 Å². The van der Waals surface area contributed by atoms with Crippen molar-refractivity contribution in [2.75, 3.05) is 53.1 Å². The molecule has 0 bridgehead atoms. The van der Waals surface area contributed by atoms with E-state index in [-0.39, 0.29) is 24.0 Å². The topological polar surface area (TPSA) is 46.1 Å². The molecule has 1 unspecified atom stereocenters. The van der Waals surface area contributed by atoms with Crippen molar-refractivity contribution in [2.24, 2.45) is 22.7 Å². The molecule has 1 saturated carbocycles. The summed E-state index contributed by atoms with van der Waals surface area (Å²) >= 11 is 0. The fourth-order valence-corrected chi connectivity index (χ4v) is 3.77. The molecule has 0 spiro atoms. The molecule has 1 atom stereocenters. The van der Waals surface area contributed by atoms with Gasteiger partial charge < -0.3 is 19.7 Å². The molecule has 0 aromatic rings. The normalized spacial score (nSPS) is 26.4. The van der Waals surface area contributed by atoms with Gasteiger partial charge in [-0.2, -0.15) is 0 Å². The van der Waals surface area contributed by atoms with E-state index in [4.69, 9.17) is 14.5 Å². The molecule has 1 aliphatic carbocycles. The van der Waals surface area contributed by atoms with Gasteiger partial charge in [-0.1, -0.05) is 19.8 Å². The Kier molecular flexibility index (Phi) is 12.9. The summed E-state index contributed by atoms with van der Waals surface area (Å²) in [6, 6.07) is 0. The number of aliphatic imine (C=N–C) groups is 1. The predicted octanol–water partition coefficient (Wildman–Crippen LogP) is 3.77. The molecule has 2 rings (SSSR count). The quantitative estimate of drug-likeness (QED) is 0.236. The summed E-state index contributed by atoms with van der Waals surface area (Å²) in [4.78, 5) is 7.11. The van der Waals surface area contributed by atoms with Gasteiger partial charge in [-0.05, 0) is 44.4 Å². The minimum atomic E-state index is 0. The third-order valence-electron chi connectivity index (χ3n) is 5.45. The summed E-state index contributed by atoms with van der Waals surface area (Å²) in [5.41, 5.74) is 0. The van der Waals surface area contributed by atoms with Crippen LogP contribution in [0.3, 0.4) is 0 Å². The average Bonchev–Trinajstić information content (AvgIpc) is 3.12. The van der Waals surface area contributed by atoms with E-state index in [0.717, 1.165) is 76.7 Å². The number of nitrogens with zero attached hydrogens (tertiary/aromatic N) is 2. The molecule has 6 heteroatoms. The summed E-state index contributed by atoms with van der Waals surface area (Å²) < 4.78 is 11.1. The molecule has 1 saturated heterocycles. The van der Waals surface area contributed by atoms with Crippen LogP contribution in [0, 0.1) is 17.8 Å². The van der Waals surface area contributed by atoms with E-state index in [1.807, 2.05) is 0 Å². The molecule has 1 aliphatic heterocycles. The Hall–Kier alpha value is -0.0800. The van der Waals surface area contributed by atoms with Gasteiger partial charge in [-0.3, -0.25) is 4.99 Å². The fourth-order valence-electron chi connectivity index (χ4n) is 3.77. The van der Waals surface area contributed by atoms with Crippen LogP contribution in [0.1, 0.15) is 52.4 Å². The molecule has 1 N–H and O–H groups in total. The number of hydrogen-bond acceptors (Lipinski definition) is 3. The molecule has 154 valence electrons. The lowest BCUT2D eigenvalue weighted by Gasteiger charge is -2.31. The highest BCUT2D eigenvalue weighted by Crippen LogP contribution is 2.28. The Morgan fingerprint density at radius 3 is 2.62 bits per heavy atom. The largest absolute Gasteiger partial charge is 0.381 e. The lowest BCUT2D eigenvalue weighted by molar-refractivity contribution is 0.0893. The first kappa shape index (κ1) is 24.0. The lowest BCUT2D eigenvalue weighted by Crippen LogP contribution is -2.42. The molecule has 2 aliphatic rings. The predicted molar refractivity (Wildman–Crippen MR) is 120 cm³/mol. The van der Waals surface area contributed by atoms with Gasteiger partial charge in [-0.15, -0.1) is 24.0 Å². The van der Waals surface area contributed by atoms with E-state index in [2.05, 4.69) is 31.1 Å². The van der Waals surface area contributed by atoms with Crippen LogP contribution in [0.25, 0.3) is 0 Å². The zero-order valence-corrected chi connectivity index (χ0v) is 19.4. The number of ether oxygens (including phenoxy) is 2. The molecule has 0 aromatic heterocycles. The van der Waals surface area contributed by atoms with Crippen molar-refractivity contribution in [1.29, 1.82) is 0 Å². The second-order valence-electron chi connectivity index (χ2n) is 7.90. The summed E-state index contributed by atoms with van der Waals surface area (Å²) in [5, 5.41) is 3.43. The van der Waals surface area contributed by atoms with E-state index in [0.29, 0.717) is 5.92 Å². The van der Waals surface area contributed by atoms with Crippen molar-refractivity contribution in [1.82, 2.24) is 10.2 Å². The minimum Gasteiger partial charge on any atom is -0.381 e. The second-order valence-corrected chi connectivity index (χ2v) is 7.90. The first-order valence-corrected chi connectivity index (χ1v) is 10.3. The Morgan fingerprint density at radius 2 is 1.96 bits per heavy atom. The first-order valence-electron chi connectivity index (χ1n) is 10.3. The second kappa shape index (κ2) is 14.0. The van der Waals surface area contributed by atoms with E-state index in [9.17, 15) is 0 Å². The van der Waals surface area contributed by atoms with Crippen molar-refractivity contribution < 1.29 is 9.47 Å². The molecule has 0 radical (unpaired) electrons. The van der Waals surface area contributed by atoms with Crippen molar-refractivity contribution in [3.8, 4) is 0 Å². The van der Waals surface area contributed by atoms with Crippen LogP contribution < -0.4 is 5.32 Å². The van der Waals surface area contributed by atoms with Gasteiger partial charge >= 0.3 is 0 Å². The maximum absolute atomic E-state index is 5.77. The molecular weight excluding hydrogens is 441 g/mol. The lowest BCUT2D eigenvalue weighted by atomic mass is 9.83. The van der Waals surface area contributed by atoms with Crippen molar-refractivity contribution in [3.63, 3.8) is 0 Å². The highest BCUT2D eigenvalue weighted by Gasteiger charge is 2.20. The minimum absolute atomic E-state index is 0. The number of nitrogens with one attached hydrogen (secondary N) is 1. The molecule has 2 fully saturated rings. The zero-order chi connectivity index (χ0) is 17.9. The van der Waals surface area contributed by atoms with Crippen LogP contribution in [-0.4, -0.2) is 64.0 Å². The average molecular weight is 481 g/mol. The standard InChI is InChI=1S/C20H39N3O2.HI/c1-4-21-20(23(3)14-18-8-6-17(2)7-9-18)22-11-5-12-24-15-19-10-13-25-16-19;/h17-19H,4-16H2,1-3H3,(H,21,22);1H. The highest BCUT2D eigenvalue weighted by molar-refractivity contribution is 14.0. The maximum Gasteiger partial charge on any atom is 0.193 e. The third kappa shape index (κ3) is 9.22. The molecule has 5 nitrogen and oxygen atoms in total. The smallest absolute Gasteiger partial charge is 0.193 e. The summed E-state index contributed by atoms with van der Waals surface area (Å²) in [7, 11) is 2.18. The number of guanidine groups is 1. The zero-order valence-electron chi connectivity index (χ0n) is 17.0. The monoisotopic (exact) mass is 481 g/mol. The molecule has 0 aromatic carbocycles. The van der Waals surface area contributed by atoms with E-state index < -0.39 is 0 Å². The maximum atomic E-state index is 5.77. The Morgan fingerprint density at radius 1 is 1.19 bits per heavy atom. The fraction of sp³-hybridized carbons (Fsp3) is 0.950. The van der Waals surface area contributed by atoms with Crippen molar-refractivity contribution in [3.05, 3.63) is 0 Å². The van der Waals surface area contributed by atoms with Gasteiger partial charge in [0.2, 0.25) is 0 Å². The van der Waals surface area contributed by atoms with Gasteiger partial charge in [0.25, 0.3) is 0 Å². The third-order valence-corrected chi connectivity index (χ3v) is 5.45. The van der Waals surface area contributed by atoms with Crippen LogP contribution in [0.5, 0.6) is 0 Å². The van der Waals surface area contributed by atoms with Gasteiger partial charge in [-0.25, -0.2) is 0 Å². The van der Waals surface area contributed by atoms with Gasteiger partial charge in [0.05, 0.1) is 13.2 Å². The van der Waals surface area contributed by atoms with Crippen LogP contribution in [-0.2, 0) is 9.47 Å². The Labute approximate surface area is 177 Å². The van der Waals surface area contributed by atoms with Gasteiger partial charge in [0.15, 0.2) is 5.96 Å². The van der Waals surface area contributed by atoms with E-state index in [1.54, 1.807) is 0 Å². The molecule has 0 amide bonds. The van der Waals surface area contributed by atoms with Crippen LogP contribution in [0.15, 0.2) is 4.99 Å². The van der Waals surface area contributed by atoms with Crippen LogP contribution in [0.2, 0.25) is 0 Å². The number of rotatable bonds is 9. The highest BCUT2D eigenvalue weighted by atomic mass is 127. The van der Waals surface area contributed by atoms with E-state index in [1.165, 1.54) is 25.7 Å². The summed E-state index contributed by atoms with van der Waals surface area (Å²) in [6.45, 7) is 10.8. The van der Waals surface area contributed by atoms with E-state index >= 15 is 0 Å². The number of hydrogen-bond donors (Lipinski definition) is 1. The number of halogens is 1. The van der Waals surface area contributed by atoms with Crippen molar-refractivity contribution in [2.45, 2.75) is 52.4 Å². The molecular formula is C20H40IN3O2. The summed E-state index contributed by atoms with van der Waals surface area (Å²) in [5.74, 6) is 3.39. The summed E-state index contributed by atoms with van der Waals surface area (Å²) in [6.07, 6.45) is 7.63. The van der Waals surface area contributed by atoms with Crippen LogP contribution >= 0.6 is 24.0 Å². The van der Waals surface area contributed by atoms with Crippen LogP contribution in [0.4, 0.5) is 0 Å². The molecule has 1 heterocycles.